The predicted molar refractivity (Wildman–Crippen MR) is 58.7 cm³/mol. The first-order chi connectivity index (χ1) is 6.83. The Balaban J connectivity index is 2.09. The standard InChI is InChI=1S/C10H15NO2S/c1-2-3-5-13-10(12)7-11-9-4-6-14-8-9/h4,6,8,11H,2-3,5,7H2,1H3. The lowest BCUT2D eigenvalue weighted by atomic mass is 10.4. The van der Waals surface area contributed by atoms with Crippen LogP contribution in [-0.4, -0.2) is 19.1 Å². The van der Waals surface area contributed by atoms with Crippen molar-refractivity contribution in [2.45, 2.75) is 19.8 Å². The monoisotopic (exact) mass is 213 g/mol. The van der Waals surface area contributed by atoms with Crippen LogP contribution in [0.25, 0.3) is 0 Å². The third-order valence-electron chi connectivity index (χ3n) is 1.72. The lowest BCUT2D eigenvalue weighted by Crippen LogP contribution is -2.17. The Bertz CT molecular complexity index is 259. The zero-order valence-electron chi connectivity index (χ0n) is 8.29. The van der Waals surface area contributed by atoms with Crippen molar-refractivity contribution in [3.8, 4) is 0 Å². The second-order valence-electron chi connectivity index (χ2n) is 2.94. The number of unbranched alkanes of at least 4 members (excludes halogenated alkanes) is 1. The summed E-state index contributed by atoms with van der Waals surface area (Å²) in [4.78, 5) is 11.1. The maximum atomic E-state index is 11.1. The summed E-state index contributed by atoms with van der Waals surface area (Å²) in [5.41, 5.74) is 0.974. The first-order valence-corrected chi connectivity index (χ1v) is 5.69. The number of anilines is 1. The quantitative estimate of drug-likeness (QED) is 0.583. The van der Waals surface area contributed by atoms with E-state index in [-0.39, 0.29) is 12.5 Å². The summed E-state index contributed by atoms with van der Waals surface area (Å²) in [5, 5.41) is 6.91. The highest BCUT2D eigenvalue weighted by molar-refractivity contribution is 7.08. The van der Waals surface area contributed by atoms with Gasteiger partial charge < -0.3 is 10.1 Å². The van der Waals surface area contributed by atoms with Crippen molar-refractivity contribution >= 4 is 23.0 Å². The molecule has 1 heterocycles. The molecule has 78 valence electrons. The molecule has 4 heteroatoms. The molecule has 3 nitrogen and oxygen atoms in total. The summed E-state index contributed by atoms with van der Waals surface area (Å²) in [7, 11) is 0. The molecule has 0 spiro atoms. The van der Waals surface area contributed by atoms with E-state index in [0.29, 0.717) is 6.61 Å². The Morgan fingerprint density at radius 2 is 2.50 bits per heavy atom. The SMILES string of the molecule is CCCCOC(=O)CNc1ccsc1. The van der Waals surface area contributed by atoms with Gasteiger partial charge in [-0.1, -0.05) is 13.3 Å². The Morgan fingerprint density at radius 1 is 1.64 bits per heavy atom. The number of esters is 1. The van der Waals surface area contributed by atoms with E-state index in [9.17, 15) is 4.79 Å². The second kappa shape index (κ2) is 6.43. The van der Waals surface area contributed by atoms with Crippen LogP contribution < -0.4 is 5.32 Å². The van der Waals surface area contributed by atoms with Gasteiger partial charge in [-0.25, -0.2) is 0 Å². The molecule has 1 N–H and O–H groups in total. The first kappa shape index (κ1) is 11.0. The number of carbonyl (C=O) groups is 1. The van der Waals surface area contributed by atoms with Gasteiger partial charge in [-0.2, -0.15) is 11.3 Å². The smallest absolute Gasteiger partial charge is 0.325 e. The second-order valence-corrected chi connectivity index (χ2v) is 3.72. The summed E-state index contributed by atoms with van der Waals surface area (Å²) >= 11 is 1.60. The van der Waals surface area contributed by atoms with Gasteiger partial charge in [-0.3, -0.25) is 4.79 Å². The molecule has 0 fully saturated rings. The average molecular weight is 213 g/mol. The van der Waals surface area contributed by atoms with Gasteiger partial charge in [0.25, 0.3) is 0 Å². The molecule has 0 aliphatic heterocycles. The minimum Gasteiger partial charge on any atom is -0.464 e. The predicted octanol–water partition coefficient (Wildman–Crippen LogP) is 2.50. The third-order valence-corrected chi connectivity index (χ3v) is 2.40. The Morgan fingerprint density at radius 3 is 3.14 bits per heavy atom. The van der Waals surface area contributed by atoms with Gasteiger partial charge in [0.15, 0.2) is 0 Å². The molecule has 0 saturated carbocycles. The number of nitrogens with one attached hydrogen (secondary N) is 1. The van der Waals surface area contributed by atoms with E-state index in [2.05, 4.69) is 12.2 Å². The molecule has 1 rings (SSSR count). The normalized spacial score (nSPS) is 9.79. The van der Waals surface area contributed by atoms with E-state index in [0.717, 1.165) is 18.5 Å². The third kappa shape index (κ3) is 4.28. The van der Waals surface area contributed by atoms with Crippen molar-refractivity contribution in [3.05, 3.63) is 16.8 Å². The topological polar surface area (TPSA) is 38.3 Å². The fourth-order valence-electron chi connectivity index (χ4n) is 0.921. The maximum Gasteiger partial charge on any atom is 0.325 e. The molecule has 0 aliphatic rings. The lowest BCUT2D eigenvalue weighted by molar-refractivity contribution is -0.141. The number of carbonyl (C=O) groups excluding carboxylic acids is 1. The molecule has 0 amide bonds. The molecule has 0 saturated heterocycles. The molecular formula is C10H15NO2S. The largest absolute Gasteiger partial charge is 0.464 e. The highest BCUT2D eigenvalue weighted by Crippen LogP contribution is 2.10. The van der Waals surface area contributed by atoms with E-state index in [4.69, 9.17) is 4.74 Å². The van der Waals surface area contributed by atoms with Crippen LogP contribution in [-0.2, 0) is 9.53 Å². The van der Waals surface area contributed by atoms with Crippen LogP contribution in [0.15, 0.2) is 16.8 Å². The summed E-state index contributed by atoms with van der Waals surface area (Å²) in [6.07, 6.45) is 1.98. The van der Waals surface area contributed by atoms with E-state index in [1.165, 1.54) is 0 Å². The zero-order chi connectivity index (χ0) is 10.2. The molecule has 0 aliphatic carbocycles. The zero-order valence-corrected chi connectivity index (χ0v) is 9.10. The summed E-state index contributed by atoms with van der Waals surface area (Å²) in [5.74, 6) is -0.190. The lowest BCUT2D eigenvalue weighted by Gasteiger charge is -2.04. The molecule has 1 aromatic rings. The molecule has 0 radical (unpaired) electrons. The summed E-state index contributed by atoms with van der Waals surface area (Å²) in [6.45, 7) is 2.85. The van der Waals surface area contributed by atoms with Crippen molar-refractivity contribution in [3.63, 3.8) is 0 Å². The fourth-order valence-corrected chi connectivity index (χ4v) is 1.53. The van der Waals surface area contributed by atoms with Crippen LogP contribution >= 0.6 is 11.3 Å². The molecule has 0 bridgehead atoms. The fraction of sp³-hybridized carbons (Fsp3) is 0.500. The highest BCUT2D eigenvalue weighted by atomic mass is 32.1. The van der Waals surface area contributed by atoms with E-state index in [1.807, 2.05) is 16.8 Å². The van der Waals surface area contributed by atoms with Gasteiger partial charge in [0.05, 0.1) is 6.61 Å². The number of ether oxygens (including phenoxy) is 1. The van der Waals surface area contributed by atoms with E-state index >= 15 is 0 Å². The molecule has 1 aromatic heterocycles. The van der Waals surface area contributed by atoms with Gasteiger partial charge in [-0.05, 0) is 17.9 Å². The van der Waals surface area contributed by atoms with Crippen LogP contribution in [0.3, 0.4) is 0 Å². The Hall–Kier alpha value is -1.03. The van der Waals surface area contributed by atoms with Crippen molar-refractivity contribution in [2.24, 2.45) is 0 Å². The Kier molecular flexibility index (Phi) is 5.07. The van der Waals surface area contributed by atoms with Crippen molar-refractivity contribution in [2.75, 3.05) is 18.5 Å². The number of thiophene rings is 1. The van der Waals surface area contributed by atoms with Crippen LogP contribution in [0.5, 0.6) is 0 Å². The number of hydrogen-bond donors (Lipinski definition) is 1. The van der Waals surface area contributed by atoms with Crippen molar-refractivity contribution in [1.82, 2.24) is 0 Å². The highest BCUT2D eigenvalue weighted by Gasteiger charge is 2.01. The maximum absolute atomic E-state index is 11.1. The molecule has 14 heavy (non-hydrogen) atoms. The van der Waals surface area contributed by atoms with Gasteiger partial charge in [0.1, 0.15) is 6.54 Å². The van der Waals surface area contributed by atoms with Gasteiger partial charge >= 0.3 is 5.97 Å². The van der Waals surface area contributed by atoms with Crippen LogP contribution in [0.4, 0.5) is 5.69 Å². The minimum atomic E-state index is -0.190. The van der Waals surface area contributed by atoms with Crippen LogP contribution in [0, 0.1) is 0 Å². The van der Waals surface area contributed by atoms with Gasteiger partial charge in [-0.15, -0.1) is 0 Å². The van der Waals surface area contributed by atoms with Crippen molar-refractivity contribution in [1.29, 1.82) is 0 Å². The molecular weight excluding hydrogens is 198 g/mol. The van der Waals surface area contributed by atoms with Crippen LogP contribution in [0.2, 0.25) is 0 Å². The van der Waals surface area contributed by atoms with E-state index < -0.39 is 0 Å². The van der Waals surface area contributed by atoms with Gasteiger partial charge in [0.2, 0.25) is 0 Å². The van der Waals surface area contributed by atoms with Gasteiger partial charge in [0, 0.05) is 11.1 Å². The molecule has 0 unspecified atom stereocenters. The first-order valence-electron chi connectivity index (χ1n) is 4.74. The summed E-state index contributed by atoms with van der Waals surface area (Å²) in [6, 6.07) is 1.93. The minimum absolute atomic E-state index is 0.190. The molecule has 0 aromatic carbocycles. The summed E-state index contributed by atoms with van der Waals surface area (Å²) < 4.78 is 4.98. The molecule has 0 atom stereocenters. The van der Waals surface area contributed by atoms with Crippen LogP contribution in [0.1, 0.15) is 19.8 Å². The Labute approximate surface area is 88.1 Å². The van der Waals surface area contributed by atoms with Crippen molar-refractivity contribution < 1.29 is 9.53 Å². The number of hydrogen-bond acceptors (Lipinski definition) is 4. The van der Waals surface area contributed by atoms with E-state index in [1.54, 1.807) is 11.3 Å². The average Bonchev–Trinajstić information content (AvgIpc) is 2.68. The number of rotatable bonds is 6.